The van der Waals surface area contributed by atoms with Gasteiger partial charge in [0.1, 0.15) is 6.26 Å². The van der Waals surface area contributed by atoms with Crippen molar-refractivity contribution in [3.8, 4) is 0 Å². The predicted molar refractivity (Wildman–Crippen MR) is 68.5 cm³/mol. The minimum atomic E-state index is -0.0636. The molecule has 4 nitrogen and oxygen atoms in total. The molecule has 2 heterocycles. The van der Waals surface area contributed by atoms with Gasteiger partial charge in [0.05, 0.1) is 11.8 Å². The van der Waals surface area contributed by atoms with Crippen LogP contribution in [0.25, 0.3) is 0 Å². The average molecular weight is 242 g/mol. The maximum atomic E-state index is 12.4. The molecule has 4 heteroatoms. The van der Waals surface area contributed by atoms with Gasteiger partial charge in [-0.3, -0.25) is 4.79 Å². The first-order chi connectivity index (χ1) is 8.75. The molecule has 0 saturated heterocycles. The summed E-state index contributed by atoms with van der Waals surface area (Å²) < 4.78 is 4.96. The van der Waals surface area contributed by atoms with Crippen molar-refractivity contribution in [1.82, 2.24) is 0 Å². The average Bonchev–Trinajstić information content (AvgIpc) is 2.90. The highest BCUT2D eigenvalue weighted by Crippen LogP contribution is 2.27. The molecule has 1 aromatic heterocycles. The molecule has 0 spiro atoms. The first-order valence-corrected chi connectivity index (χ1v) is 5.93. The molecule has 0 saturated carbocycles. The highest BCUT2D eigenvalue weighted by Gasteiger charge is 2.27. The smallest absolute Gasteiger partial charge is 0.261 e. The van der Waals surface area contributed by atoms with Gasteiger partial charge >= 0.3 is 0 Å². The van der Waals surface area contributed by atoms with E-state index < -0.39 is 0 Å². The van der Waals surface area contributed by atoms with E-state index in [2.05, 4.69) is 0 Å². The van der Waals surface area contributed by atoms with E-state index in [1.807, 2.05) is 24.3 Å². The van der Waals surface area contributed by atoms with Crippen molar-refractivity contribution in [2.24, 2.45) is 5.73 Å². The highest BCUT2D eigenvalue weighted by atomic mass is 16.3. The molecule has 0 radical (unpaired) electrons. The van der Waals surface area contributed by atoms with Crippen LogP contribution in [0.5, 0.6) is 0 Å². The second-order valence-electron chi connectivity index (χ2n) is 4.52. The van der Waals surface area contributed by atoms with Gasteiger partial charge in [0.15, 0.2) is 0 Å². The Morgan fingerprint density at radius 3 is 2.94 bits per heavy atom. The maximum absolute atomic E-state index is 12.4. The van der Waals surface area contributed by atoms with Gasteiger partial charge in [-0.05, 0) is 24.1 Å². The Labute approximate surface area is 105 Å². The monoisotopic (exact) mass is 242 g/mol. The molecule has 0 aliphatic carbocycles. The molecule has 2 aromatic rings. The summed E-state index contributed by atoms with van der Waals surface area (Å²) in [5.74, 6) is -0.0636. The lowest BCUT2D eigenvalue weighted by atomic mass is 9.98. The second-order valence-corrected chi connectivity index (χ2v) is 4.52. The first kappa shape index (κ1) is 11.0. The molecule has 92 valence electrons. The summed E-state index contributed by atoms with van der Waals surface area (Å²) in [6.45, 7) is 0.543. The van der Waals surface area contributed by atoms with Gasteiger partial charge in [-0.2, -0.15) is 0 Å². The second kappa shape index (κ2) is 4.31. The van der Waals surface area contributed by atoms with Crippen LogP contribution in [0.4, 0.5) is 5.69 Å². The van der Waals surface area contributed by atoms with Crippen molar-refractivity contribution in [2.75, 3.05) is 11.4 Å². The minimum Gasteiger partial charge on any atom is -0.472 e. The zero-order valence-corrected chi connectivity index (χ0v) is 9.87. The van der Waals surface area contributed by atoms with Gasteiger partial charge in [0.2, 0.25) is 0 Å². The molecule has 1 atom stereocenters. The van der Waals surface area contributed by atoms with E-state index in [-0.39, 0.29) is 11.9 Å². The van der Waals surface area contributed by atoms with Crippen molar-refractivity contribution < 1.29 is 9.21 Å². The van der Waals surface area contributed by atoms with E-state index in [1.54, 1.807) is 11.0 Å². The standard InChI is InChI=1S/C14H14N2O2/c15-12-7-10-3-1-2-4-13(10)16(8-12)14(17)11-5-6-18-9-11/h1-6,9,12H,7-8,15H2. The number of fused-ring (bicyclic) bond motifs is 1. The molecule has 1 unspecified atom stereocenters. The predicted octanol–water partition coefficient (Wildman–Crippen LogP) is 1.81. The zero-order valence-electron chi connectivity index (χ0n) is 9.87. The van der Waals surface area contributed by atoms with Crippen LogP contribution in [0.3, 0.4) is 0 Å². The van der Waals surface area contributed by atoms with Crippen LogP contribution in [0, 0.1) is 0 Å². The molecular formula is C14H14N2O2. The Morgan fingerprint density at radius 1 is 1.33 bits per heavy atom. The number of amides is 1. The highest BCUT2D eigenvalue weighted by molar-refractivity contribution is 6.06. The van der Waals surface area contributed by atoms with Crippen LogP contribution < -0.4 is 10.6 Å². The molecule has 1 amide bonds. The number of rotatable bonds is 1. The van der Waals surface area contributed by atoms with Crippen molar-refractivity contribution >= 4 is 11.6 Å². The van der Waals surface area contributed by atoms with Gasteiger partial charge in [0.25, 0.3) is 5.91 Å². The first-order valence-electron chi connectivity index (χ1n) is 5.93. The van der Waals surface area contributed by atoms with Crippen molar-refractivity contribution in [1.29, 1.82) is 0 Å². The molecular weight excluding hydrogens is 228 g/mol. The maximum Gasteiger partial charge on any atom is 0.261 e. The number of carbonyl (C=O) groups excluding carboxylic acids is 1. The van der Waals surface area contributed by atoms with Gasteiger partial charge in [0, 0.05) is 18.3 Å². The minimum absolute atomic E-state index is 0.0178. The molecule has 1 aliphatic heterocycles. The quantitative estimate of drug-likeness (QED) is 0.829. The molecule has 2 N–H and O–H groups in total. The summed E-state index contributed by atoms with van der Waals surface area (Å²) in [5, 5.41) is 0. The third-order valence-corrected chi connectivity index (χ3v) is 3.19. The van der Waals surface area contributed by atoms with E-state index in [9.17, 15) is 4.79 Å². The van der Waals surface area contributed by atoms with Crippen LogP contribution in [-0.2, 0) is 6.42 Å². The van der Waals surface area contributed by atoms with Crippen LogP contribution in [-0.4, -0.2) is 18.5 Å². The van der Waals surface area contributed by atoms with Crippen molar-refractivity contribution in [2.45, 2.75) is 12.5 Å². The summed E-state index contributed by atoms with van der Waals surface area (Å²) in [4.78, 5) is 14.1. The number of nitrogens with zero attached hydrogens (tertiary/aromatic N) is 1. The number of furan rings is 1. The summed E-state index contributed by atoms with van der Waals surface area (Å²) >= 11 is 0. The SMILES string of the molecule is NC1Cc2ccccc2N(C(=O)c2ccoc2)C1. The van der Waals surface area contributed by atoms with E-state index in [0.29, 0.717) is 12.1 Å². The Morgan fingerprint density at radius 2 is 2.17 bits per heavy atom. The number of para-hydroxylation sites is 1. The zero-order chi connectivity index (χ0) is 12.5. The molecule has 3 rings (SSSR count). The third-order valence-electron chi connectivity index (χ3n) is 3.19. The largest absolute Gasteiger partial charge is 0.472 e. The lowest BCUT2D eigenvalue weighted by Crippen LogP contribution is -2.46. The fourth-order valence-corrected chi connectivity index (χ4v) is 2.36. The van der Waals surface area contributed by atoms with Crippen molar-refractivity contribution in [3.63, 3.8) is 0 Å². The van der Waals surface area contributed by atoms with Gasteiger partial charge in [-0.1, -0.05) is 18.2 Å². The normalized spacial score (nSPS) is 18.5. The van der Waals surface area contributed by atoms with Crippen LogP contribution in [0.2, 0.25) is 0 Å². The van der Waals surface area contributed by atoms with Gasteiger partial charge in [-0.15, -0.1) is 0 Å². The number of nitrogens with two attached hydrogens (primary N) is 1. The number of carbonyl (C=O) groups is 1. The van der Waals surface area contributed by atoms with E-state index in [1.165, 1.54) is 12.5 Å². The number of benzene rings is 1. The fraction of sp³-hybridized carbons (Fsp3) is 0.214. The van der Waals surface area contributed by atoms with E-state index in [4.69, 9.17) is 10.2 Å². The molecule has 18 heavy (non-hydrogen) atoms. The summed E-state index contributed by atoms with van der Waals surface area (Å²) in [6, 6.07) is 9.53. The Kier molecular flexibility index (Phi) is 2.64. The number of hydrogen-bond donors (Lipinski definition) is 1. The summed E-state index contributed by atoms with van der Waals surface area (Å²) in [6.07, 6.45) is 3.78. The summed E-state index contributed by atoms with van der Waals surface area (Å²) in [7, 11) is 0. The molecule has 1 aromatic carbocycles. The topological polar surface area (TPSA) is 59.5 Å². The lowest BCUT2D eigenvalue weighted by Gasteiger charge is -2.32. The molecule has 0 bridgehead atoms. The van der Waals surface area contributed by atoms with Gasteiger partial charge in [-0.25, -0.2) is 0 Å². The Bertz CT molecular complexity index is 563. The number of hydrogen-bond acceptors (Lipinski definition) is 3. The number of anilines is 1. The Balaban J connectivity index is 2.00. The molecule has 1 aliphatic rings. The van der Waals surface area contributed by atoms with Crippen molar-refractivity contribution in [3.05, 3.63) is 54.0 Å². The van der Waals surface area contributed by atoms with Crippen LogP contribution in [0.15, 0.2) is 47.3 Å². The third kappa shape index (κ3) is 1.80. The van der Waals surface area contributed by atoms with Gasteiger partial charge < -0.3 is 15.1 Å². The van der Waals surface area contributed by atoms with E-state index in [0.717, 1.165) is 17.7 Å². The molecule has 0 fully saturated rings. The van der Waals surface area contributed by atoms with Crippen LogP contribution >= 0.6 is 0 Å². The lowest BCUT2D eigenvalue weighted by molar-refractivity contribution is 0.0983. The Hall–Kier alpha value is -2.07. The summed E-state index contributed by atoms with van der Waals surface area (Å²) in [5.41, 5.74) is 8.64. The van der Waals surface area contributed by atoms with E-state index >= 15 is 0 Å². The fourth-order valence-electron chi connectivity index (χ4n) is 2.36. The van der Waals surface area contributed by atoms with Crippen LogP contribution in [0.1, 0.15) is 15.9 Å².